The summed E-state index contributed by atoms with van der Waals surface area (Å²) in [4.78, 5) is 2.11. The van der Waals surface area contributed by atoms with Crippen LogP contribution in [-0.2, 0) is 0 Å². The maximum absolute atomic E-state index is 10.2. The first-order chi connectivity index (χ1) is 11.1. The molecule has 3 unspecified atom stereocenters. The van der Waals surface area contributed by atoms with Crippen LogP contribution in [-0.4, -0.2) is 53.6 Å². The molecule has 0 radical (unpaired) electrons. The minimum absolute atomic E-state index is 0.264. The molecule has 4 nitrogen and oxygen atoms in total. The molecule has 1 heterocycles. The summed E-state index contributed by atoms with van der Waals surface area (Å²) in [5.41, 5.74) is 0. The first-order valence-electron chi connectivity index (χ1n) is 8.32. The second kappa shape index (κ2) is 7.30. The summed E-state index contributed by atoms with van der Waals surface area (Å²) in [5, 5.41) is 22.4. The minimum atomic E-state index is -0.554. The van der Waals surface area contributed by atoms with Gasteiger partial charge in [0.15, 0.2) is 0 Å². The monoisotopic (exact) mass is 315 g/mol. The van der Waals surface area contributed by atoms with Gasteiger partial charge in [0.1, 0.15) is 18.5 Å². The van der Waals surface area contributed by atoms with Crippen LogP contribution >= 0.6 is 0 Å². The highest BCUT2D eigenvalue weighted by Gasteiger charge is 2.25. The molecular weight excluding hydrogens is 290 g/mol. The van der Waals surface area contributed by atoms with Crippen molar-refractivity contribution in [2.75, 3.05) is 26.2 Å². The highest BCUT2D eigenvalue weighted by molar-refractivity contribution is 5.83. The van der Waals surface area contributed by atoms with Gasteiger partial charge in [-0.05, 0) is 41.8 Å². The molecule has 0 aliphatic carbocycles. The van der Waals surface area contributed by atoms with Gasteiger partial charge in [0.2, 0.25) is 0 Å². The van der Waals surface area contributed by atoms with Gasteiger partial charge < -0.3 is 14.9 Å². The lowest BCUT2D eigenvalue weighted by Gasteiger charge is -2.35. The van der Waals surface area contributed by atoms with Gasteiger partial charge in [-0.2, -0.15) is 0 Å². The normalized spacial score (nSPS) is 23.8. The molecule has 23 heavy (non-hydrogen) atoms. The fourth-order valence-electron chi connectivity index (χ4n) is 3.08. The predicted molar refractivity (Wildman–Crippen MR) is 91.7 cm³/mol. The van der Waals surface area contributed by atoms with Crippen molar-refractivity contribution in [2.45, 2.75) is 25.6 Å². The number of fused-ring (bicyclic) bond motifs is 1. The van der Waals surface area contributed by atoms with Crippen molar-refractivity contribution in [2.24, 2.45) is 5.92 Å². The molecule has 2 aromatic rings. The first-order valence-corrected chi connectivity index (χ1v) is 8.32. The number of nitrogens with zero attached hydrogens (tertiary/aromatic N) is 1. The molecule has 4 heteroatoms. The maximum Gasteiger partial charge on any atom is 0.120 e. The number of hydrogen-bond donors (Lipinski definition) is 2. The lowest BCUT2D eigenvalue weighted by atomic mass is 9.96. The average Bonchev–Trinajstić information content (AvgIpc) is 2.56. The smallest absolute Gasteiger partial charge is 0.120 e. The summed E-state index contributed by atoms with van der Waals surface area (Å²) in [5.74, 6) is 1.12. The molecule has 2 N–H and O–H groups in total. The first kappa shape index (κ1) is 16.2. The van der Waals surface area contributed by atoms with E-state index >= 15 is 0 Å². The van der Waals surface area contributed by atoms with Crippen molar-refractivity contribution >= 4 is 10.8 Å². The van der Waals surface area contributed by atoms with Crippen LogP contribution in [0.5, 0.6) is 5.75 Å². The fourth-order valence-corrected chi connectivity index (χ4v) is 3.08. The van der Waals surface area contributed by atoms with Crippen LogP contribution < -0.4 is 4.74 Å². The van der Waals surface area contributed by atoms with Gasteiger partial charge in [-0.15, -0.1) is 0 Å². The molecule has 1 fully saturated rings. The second-order valence-electron chi connectivity index (χ2n) is 6.57. The Labute approximate surface area is 137 Å². The Hall–Kier alpha value is -1.62. The Morgan fingerprint density at radius 3 is 2.78 bits per heavy atom. The number of rotatable bonds is 5. The van der Waals surface area contributed by atoms with Crippen LogP contribution in [0.1, 0.15) is 13.3 Å². The molecule has 0 bridgehead atoms. The van der Waals surface area contributed by atoms with E-state index in [-0.39, 0.29) is 12.7 Å². The van der Waals surface area contributed by atoms with Gasteiger partial charge in [-0.25, -0.2) is 0 Å². The highest BCUT2D eigenvalue weighted by atomic mass is 16.5. The molecule has 0 aromatic heterocycles. The molecule has 1 aliphatic rings. The molecule has 1 aliphatic heterocycles. The Morgan fingerprint density at radius 1 is 1.22 bits per heavy atom. The molecule has 124 valence electrons. The largest absolute Gasteiger partial charge is 0.491 e. The van der Waals surface area contributed by atoms with E-state index in [9.17, 15) is 10.2 Å². The molecule has 1 saturated heterocycles. The van der Waals surface area contributed by atoms with Crippen LogP contribution in [0.3, 0.4) is 0 Å². The molecule has 3 rings (SSSR count). The molecule has 0 spiro atoms. The van der Waals surface area contributed by atoms with Crippen molar-refractivity contribution in [3.8, 4) is 5.75 Å². The number of piperidine rings is 1. The van der Waals surface area contributed by atoms with Crippen molar-refractivity contribution in [3.63, 3.8) is 0 Å². The zero-order valence-corrected chi connectivity index (χ0v) is 13.6. The average molecular weight is 315 g/mol. The van der Waals surface area contributed by atoms with E-state index in [0.29, 0.717) is 19.0 Å². The zero-order chi connectivity index (χ0) is 16.2. The summed E-state index contributed by atoms with van der Waals surface area (Å²) in [6.07, 6.45) is 0.124. The Morgan fingerprint density at radius 2 is 2.00 bits per heavy atom. The predicted octanol–water partition coefficient (Wildman–Crippen LogP) is 2.28. The molecule has 3 atom stereocenters. The van der Waals surface area contributed by atoms with E-state index < -0.39 is 6.10 Å². The van der Waals surface area contributed by atoms with E-state index in [1.165, 1.54) is 5.39 Å². The number of benzene rings is 2. The van der Waals surface area contributed by atoms with Crippen LogP contribution in [0, 0.1) is 5.92 Å². The zero-order valence-electron chi connectivity index (χ0n) is 13.6. The van der Waals surface area contributed by atoms with Gasteiger partial charge in [0, 0.05) is 13.1 Å². The number of likely N-dealkylation sites (tertiary alicyclic amines) is 1. The van der Waals surface area contributed by atoms with Gasteiger partial charge in [-0.1, -0.05) is 37.3 Å². The summed E-state index contributed by atoms with van der Waals surface area (Å²) < 4.78 is 5.73. The van der Waals surface area contributed by atoms with Crippen LogP contribution in [0.4, 0.5) is 0 Å². The number of β-amino-alcohol motifs (C(OH)–C–C–N with tert-alkyl or cyclic N) is 2. The third-order valence-corrected chi connectivity index (χ3v) is 4.64. The van der Waals surface area contributed by atoms with Crippen molar-refractivity contribution < 1.29 is 14.9 Å². The van der Waals surface area contributed by atoms with E-state index in [4.69, 9.17) is 4.74 Å². The third-order valence-electron chi connectivity index (χ3n) is 4.64. The SMILES string of the molecule is CC1CCN(CC(O)COc2ccc3ccccc3c2)CC1O. The molecule has 2 aromatic carbocycles. The topological polar surface area (TPSA) is 52.9 Å². The van der Waals surface area contributed by atoms with Gasteiger partial charge in [0.25, 0.3) is 0 Å². The number of ether oxygens (including phenoxy) is 1. The fraction of sp³-hybridized carbons (Fsp3) is 0.474. The lowest BCUT2D eigenvalue weighted by molar-refractivity contribution is 0.000152. The maximum atomic E-state index is 10.2. The number of aliphatic hydroxyl groups excluding tert-OH is 2. The summed E-state index contributed by atoms with van der Waals surface area (Å²) in [6, 6.07) is 14.1. The van der Waals surface area contributed by atoms with E-state index in [1.54, 1.807) is 0 Å². The number of aliphatic hydroxyl groups is 2. The van der Waals surface area contributed by atoms with Crippen molar-refractivity contribution in [1.29, 1.82) is 0 Å². The Bertz CT molecular complexity index is 645. The standard InChI is InChI=1S/C19H25NO3/c1-14-8-9-20(12-19(14)22)11-17(21)13-23-18-7-6-15-4-2-3-5-16(15)10-18/h2-7,10,14,17,19,21-22H,8-9,11-13H2,1H3. The minimum Gasteiger partial charge on any atom is -0.491 e. The number of hydrogen-bond acceptors (Lipinski definition) is 4. The van der Waals surface area contributed by atoms with E-state index in [2.05, 4.69) is 24.0 Å². The molecular formula is C19H25NO3. The molecule has 0 amide bonds. The molecule has 0 saturated carbocycles. The second-order valence-corrected chi connectivity index (χ2v) is 6.57. The van der Waals surface area contributed by atoms with Gasteiger partial charge in [0.05, 0.1) is 6.10 Å². The van der Waals surface area contributed by atoms with Gasteiger partial charge in [-0.3, -0.25) is 4.90 Å². The quantitative estimate of drug-likeness (QED) is 0.889. The van der Waals surface area contributed by atoms with Crippen LogP contribution in [0.15, 0.2) is 42.5 Å². The van der Waals surface area contributed by atoms with Gasteiger partial charge >= 0.3 is 0 Å². The third kappa shape index (κ3) is 4.22. The summed E-state index contributed by atoms with van der Waals surface area (Å²) >= 11 is 0. The van der Waals surface area contributed by atoms with Crippen LogP contribution in [0.25, 0.3) is 10.8 Å². The summed E-state index contributed by atoms with van der Waals surface area (Å²) in [7, 11) is 0. The summed E-state index contributed by atoms with van der Waals surface area (Å²) in [6.45, 7) is 4.43. The Kier molecular flexibility index (Phi) is 5.16. The van der Waals surface area contributed by atoms with Crippen molar-refractivity contribution in [1.82, 2.24) is 4.90 Å². The highest BCUT2D eigenvalue weighted by Crippen LogP contribution is 2.21. The van der Waals surface area contributed by atoms with E-state index in [1.807, 2.05) is 30.3 Å². The van der Waals surface area contributed by atoms with E-state index in [0.717, 1.165) is 24.1 Å². The van der Waals surface area contributed by atoms with Crippen molar-refractivity contribution in [3.05, 3.63) is 42.5 Å². The Balaban J connectivity index is 1.50. The van der Waals surface area contributed by atoms with Crippen LogP contribution in [0.2, 0.25) is 0 Å². The lowest BCUT2D eigenvalue weighted by Crippen LogP contribution is -2.46.